The molecule has 2 aliphatic rings. The zero-order chi connectivity index (χ0) is 13.1. The molecule has 2 fully saturated rings. The van der Waals surface area contributed by atoms with Crippen molar-refractivity contribution in [3.63, 3.8) is 0 Å². The van der Waals surface area contributed by atoms with Gasteiger partial charge in [0.15, 0.2) is 0 Å². The van der Waals surface area contributed by atoms with E-state index in [1.807, 2.05) is 0 Å². The van der Waals surface area contributed by atoms with Crippen LogP contribution in [0.2, 0.25) is 0 Å². The van der Waals surface area contributed by atoms with E-state index in [2.05, 4.69) is 40.5 Å². The topological polar surface area (TPSA) is 32.3 Å². The van der Waals surface area contributed by atoms with Gasteiger partial charge in [-0.1, -0.05) is 30.3 Å². The predicted molar refractivity (Wildman–Crippen MR) is 83.2 cm³/mol. The molecule has 110 valence electrons. The SMILES string of the molecule is Cl.O=C(C1CCNC1)N1CCC(c2ccccc2)CC1. The third-order valence-corrected chi connectivity index (χ3v) is 4.49. The van der Waals surface area contributed by atoms with E-state index in [1.165, 1.54) is 5.56 Å². The van der Waals surface area contributed by atoms with E-state index in [9.17, 15) is 4.79 Å². The summed E-state index contributed by atoms with van der Waals surface area (Å²) in [6, 6.07) is 10.7. The molecule has 1 aromatic carbocycles. The highest BCUT2D eigenvalue weighted by molar-refractivity contribution is 5.85. The highest BCUT2D eigenvalue weighted by Crippen LogP contribution is 2.28. The summed E-state index contributed by atoms with van der Waals surface area (Å²) in [5.41, 5.74) is 1.43. The van der Waals surface area contributed by atoms with Crippen molar-refractivity contribution in [1.82, 2.24) is 10.2 Å². The van der Waals surface area contributed by atoms with E-state index < -0.39 is 0 Å². The second-order valence-corrected chi connectivity index (χ2v) is 5.70. The molecule has 3 nitrogen and oxygen atoms in total. The lowest BCUT2D eigenvalue weighted by molar-refractivity contribution is -0.136. The van der Waals surface area contributed by atoms with Crippen molar-refractivity contribution in [3.05, 3.63) is 35.9 Å². The van der Waals surface area contributed by atoms with E-state index >= 15 is 0 Å². The van der Waals surface area contributed by atoms with Crippen molar-refractivity contribution in [2.45, 2.75) is 25.2 Å². The second kappa shape index (κ2) is 7.09. The first-order valence-corrected chi connectivity index (χ1v) is 7.39. The minimum absolute atomic E-state index is 0. The van der Waals surface area contributed by atoms with E-state index in [0.29, 0.717) is 11.8 Å². The number of likely N-dealkylation sites (tertiary alicyclic amines) is 1. The number of amides is 1. The summed E-state index contributed by atoms with van der Waals surface area (Å²) in [5.74, 6) is 1.23. The maximum Gasteiger partial charge on any atom is 0.227 e. The largest absolute Gasteiger partial charge is 0.342 e. The average molecular weight is 295 g/mol. The maximum absolute atomic E-state index is 12.3. The lowest BCUT2D eigenvalue weighted by atomic mass is 9.89. The highest BCUT2D eigenvalue weighted by Gasteiger charge is 2.30. The maximum atomic E-state index is 12.3. The molecular formula is C16H23ClN2O. The molecule has 0 aliphatic carbocycles. The van der Waals surface area contributed by atoms with Crippen molar-refractivity contribution in [1.29, 1.82) is 0 Å². The number of carbonyl (C=O) groups excluding carboxylic acids is 1. The standard InChI is InChI=1S/C16H22N2O.ClH/c19-16(15-6-9-17-12-15)18-10-7-14(8-11-18)13-4-2-1-3-5-13;/h1-5,14-15,17H,6-12H2;1H. The van der Waals surface area contributed by atoms with Crippen LogP contribution in [-0.4, -0.2) is 37.0 Å². The molecule has 4 heteroatoms. The van der Waals surface area contributed by atoms with Crippen molar-refractivity contribution in [2.24, 2.45) is 5.92 Å². The van der Waals surface area contributed by atoms with Crippen LogP contribution in [0.4, 0.5) is 0 Å². The lowest BCUT2D eigenvalue weighted by Crippen LogP contribution is -2.41. The number of nitrogens with one attached hydrogen (secondary N) is 1. The molecule has 1 amide bonds. The van der Waals surface area contributed by atoms with Gasteiger partial charge in [-0.15, -0.1) is 12.4 Å². The van der Waals surface area contributed by atoms with Gasteiger partial charge >= 0.3 is 0 Å². The molecule has 0 radical (unpaired) electrons. The van der Waals surface area contributed by atoms with Crippen LogP contribution < -0.4 is 5.32 Å². The third kappa shape index (κ3) is 3.33. The van der Waals surface area contributed by atoms with Crippen LogP contribution in [0, 0.1) is 5.92 Å². The molecular weight excluding hydrogens is 272 g/mol. The molecule has 3 rings (SSSR count). The predicted octanol–water partition coefficient (Wildman–Crippen LogP) is 2.42. The molecule has 2 aliphatic heterocycles. The van der Waals surface area contributed by atoms with E-state index in [1.54, 1.807) is 0 Å². The summed E-state index contributed by atoms with van der Waals surface area (Å²) in [4.78, 5) is 14.4. The number of carbonyl (C=O) groups is 1. The molecule has 0 aromatic heterocycles. The van der Waals surface area contributed by atoms with Gasteiger partial charge in [-0.25, -0.2) is 0 Å². The number of hydrogen-bond acceptors (Lipinski definition) is 2. The fourth-order valence-electron chi connectivity index (χ4n) is 3.28. The van der Waals surface area contributed by atoms with Crippen LogP contribution in [0.3, 0.4) is 0 Å². The fraction of sp³-hybridized carbons (Fsp3) is 0.562. The number of benzene rings is 1. The zero-order valence-corrected chi connectivity index (χ0v) is 12.6. The minimum atomic E-state index is 0. The first-order chi connectivity index (χ1) is 9.34. The van der Waals surface area contributed by atoms with Gasteiger partial charge in [0.2, 0.25) is 5.91 Å². The Labute approximate surface area is 127 Å². The molecule has 0 saturated carbocycles. The molecule has 20 heavy (non-hydrogen) atoms. The minimum Gasteiger partial charge on any atom is -0.342 e. The Balaban J connectivity index is 0.00000147. The molecule has 1 aromatic rings. The summed E-state index contributed by atoms with van der Waals surface area (Å²) in [6.45, 7) is 3.72. The lowest BCUT2D eigenvalue weighted by Gasteiger charge is -2.33. The fourth-order valence-corrected chi connectivity index (χ4v) is 3.28. The second-order valence-electron chi connectivity index (χ2n) is 5.70. The molecule has 1 atom stereocenters. The van der Waals surface area contributed by atoms with Crippen molar-refractivity contribution < 1.29 is 4.79 Å². The highest BCUT2D eigenvalue weighted by atomic mass is 35.5. The Bertz CT molecular complexity index is 423. The van der Waals surface area contributed by atoms with Crippen LogP contribution in [0.25, 0.3) is 0 Å². The molecule has 0 bridgehead atoms. The van der Waals surface area contributed by atoms with Gasteiger partial charge in [0.25, 0.3) is 0 Å². The van der Waals surface area contributed by atoms with Gasteiger partial charge in [0.1, 0.15) is 0 Å². The smallest absolute Gasteiger partial charge is 0.227 e. The molecule has 2 heterocycles. The Hall–Kier alpha value is -1.06. The van der Waals surface area contributed by atoms with Crippen LogP contribution in [0.5, 0.6) is 0 Å². The van der Waals surface area contributed by atoms with E-state index in [-0.39, 0.29) is 18.3 Å². The summed E-state index contributed by atoms with van der Waals surface area (Å²) < 4.78 is 0. The van der Waals surface area contributed by atoms with Gasteiger partial charge in [-0.05, 0) is 37.3 Å². The van der Waals surface area contributed by atoms with Gasteiger partial charge < -0.3 is 10.2 Å². The summed E-state index contributed by atoms with van der Waals surface area (Å²) in [5, 5.41) is 3.28. The Morgan fingerprint density at radius 2 is 1.80 bits per heavy atom. The number of hydrogen-bond donors (Lipinski definition) is 1. The van der Waals surface area contributed by atoms with Crippen molar-refractivity contribution in [2.75, 3.05) is 26.2 Å². The van der Waals surface area contributed by atoms with Crippen molar-refractivity contribution in [3.8, 4) is 0 Å². The van der Waals surface area contributed by atoms with Gasteiger partial charge in [0.05, 0.1) is 5.92 Å². The molecule has 1 N–H and O–H groups in total. The van der Waals surface area contributed by atoms with Gasteiger partial charge in [-0.3, -0.25) is 4.79 Å². The average Bonchev–Trinajstić information content (AvgIpc) is 3.02. The molecule has 0 spiro atoms. The number of nitrogens with zero attached hydrogens (tertiary/aromatic N) is 1. The van der Waals surface area contributed by atoms with E-state index in [4.69, 9.17) is 0 Å². The zero-order valence-electron chi connectivity index (χ0n) is 11.8. The van der Waals surface area contributed by atoms with E-state index in [0.717, 1.165) is 45.4 Å². The summed E-state index contributed by atoms with van der Waals surface area (Å²) in [6.07, 6.45) is 3.23. The molecule has 1 unspecified atom stereocenters. The Morgan fingerprint density at radius 3 is 2.40 bits per heavy atom. The normalized spacial score (nSPS) is 23.4. The molecule has 2 saturated heterocycles. The number of rotatable bonds is 2. The Kier molecular flexibility index (Phi) is 5.44. The van der Waals surface area contributed by atoms with Crippen LogP contribution in [0.1, 0.15) is 30.7 Å². The van der Waals surface area contributed by atoms with Crippen LogP contribution in [0.15, 0.2) is 30.3 Å². The Morgan fingerprint density at radius 1 is 1.10 bits per heavy atom. The monoisotopic (exact) mass is 294 g/mol. The first kappa shape index (κ1) is 15.3. The first-order valence-electron chi connectivity index (χ1n) is 7.39. The number of piperidine rings is 1. The van der Waals surface area contributed by atoms with Crippen molar-refractivity contribution >= 4 is 18.3 Å². The summed E-state index contributed by atoms with van der Waals surface area (Å²) >= 11 is 0. The van der Waals surface area contributed by atoms with Gasteiger partial charge in [0, 0.05) is 19.6 Å². The number of halogens is 1. The van der Waals surface area contributed by atoms with Crippen LogP contribution in [-0.2, 0) is 4.79 Å². The quantitative estimate of drug-likeness (QED) is 0.908. The van der Waals surface area contributed by atoms with Gasteiger partial charge in [-0.2, -0.15) is 0 Å². The van der Waals surface area contributed by atoms with Crippen LogP contribution >= 0.6 is 12.4 Å². The third-order valence-electron chi connectivity index (χ3n) is 4.49. The summed E-state index contributed by atoms with van der Waals surface area (Å²) in [7, 11) is 0.